The molecule has 0 saturated carbocycles. The lowest BCUT2D eigenvalue weighted by atomic mass is 10.2. The summed E-state index contributed by atoms with van der Waals surface area (Å²) >= 11 is 0. The number of aliphatic carboxylic acids is 1. The first-order valence-corrected chi connectivity index (χ1v) is 5.95. The van der Waals surface area contributed by atoms with Crippen molar-refractivity contribution in [1.82, 2.24) is 5.32 Å². The van der Waals surface area contributed by atoms with Crippen LogP contribution < -0.4 is 10.2 Å². The van der Waals surface area contributed by atoms with Gasteiger partial charge in [-0.05, 0) is 25.6 Å². The molecule has 0 aliphatic heterocycles. The van der Waals surface area contributed by atoms with E-state index in [0.29, 0.717) is 13.1 Å². The zero-order valence-corrected chi connectivity index (χ0v) is 10.4. The highest BCUT2D eigenvalue weighted by atomic mass is 16.4. The molecule has 94 valence electrons. The number of carboxylic acids is 1. The lowest BCUT2D eigenvalue weighted by molar-refractivity contribution is -0.139. The highest BCUT2D eigenvalue weighted by molar-refractivity contribution is 5.74. The van der Waals surface area contributed by atoms with Gasteiger partial charge in [-0.2, -0.15) is 0 Å². The van der Waals surface area contributed by atoms with Gasteiger partial charge < -0.3 is 15.3 Å². The Balaban J connectivity index is 2.71. The molecule has 17 heavy (non-hydrogen) atoms. The highest BCUT2D eigenvalue weighted by Gasteiger charge is 2.19. The number of hydrogen-bond acceptors (Lipinski definition) is 3. The maximum atomic E-state index is 11.1. The van der Waals surface area contributed by atoms with Crippen LogP contribution in [0.2, 0.25) is 0 Å². The Bertz CT molecular complexity index is 341. The number of nitrogens with zero attached hydrogens (tertiary/aromatic N) is 1. The molecule has 4 nitrogen and oxygen atoms in total. The van der Waals surface area contributed by atoms with Gasteiger partial charge >= 0.3 is 5.97 Å². The molecule has 1 rings (SSSR count). The van der Waals surface area contributed by atoms with Gasteiger partial charge in [-0.3, -0.25) is 4.79 Å². The lowest BCUT2D eigenvalue weighted by Crippen LogP contribution is -2.46. The second-order valence-corrected chi connectivity index (χ2v) is 3.82. The average Bonchev–Trinajstić information content (AvgIpc) is 2.35. The van der Waals surface area contributed by atoms with E-state index in [9.17, 15) is 4.79 Å². The maximum Gasteiger partial charge on any atom is 0.322 e. The van der Waals surface area contributed by atoms with Gasteiger partial charge in [0.15, 0.2) is 0 Å². The molecule has 1 unspecified atom stereocenters. The summed E-state index contributed by atoms with van der Waals surface area (Å²) in [5.74, 6) is -0.804. The second-order valence-electron chi connectivity index (χ2n) is 3.82. The molecule has 0 heterocycles. The molecule has 0 aromatic heterocycles. The summed E-state index contributed by atoms with van der Waals surface area (Å²) in [7, 11) is 0. The minimum atomic E-state index is -0.804. The van der Waals surface area contributed by atoms with E-state index in [4.69, 9.17) is 5.11 Å². The summed E-state index contributed by atoms with van der Waals surface area (Å²) in [6.45, 7) is 5.86. The van der Waals surface area contributed by atoms with Gasteiger partial charge in [-0.1, -0.05) is 25.1 Å². The first-order chi connectivity index (χ1) is 8.19. The Morgan fingerprint density at radius 1 is 1.35 bits per heavy atom. The van der Waals surface area contributed by atoms with Crippen molar-refractivity contribution in [2.75, 3.05) is 24.5 Å². The van der Waals surface area contributed by atoms with Crippen molar-refractivity contribution in [3.05, 3.63) is 30.3 Å². The first-order valence-electron chi connectivity index (χ1n) is 5.95. The van der Waals surface area contributed by atoms with Crippen LogP contribution in [0.3, 0.4) is 0 Å². The third-order valence-electron chi connectivity index (χ3n) is 2.65. The number of benzene rings is 1. The maximum absolute atomic E-state index is 11.1. The molecule has 2 N–H and O–H groups in total. The molecular weight excluding hydrogens is 216 g/mol. The van der Waals surface area contributed by atoms with Crippen molar-refractivity contribution in [2.45, 2.75) is 19.9 Å². The third kappa shape index (κ3) is 4.07. The van der Waals surface area contributed by atoms with Gasteiger partial charge in [-0.25, -0.2) is 0 Å². The van der Waals surface area contributed by atoms with Gasteiger partial charge in [0.1, 0.15) is 6.04 Å². The van der Waals surface area contributed by atoms with Crippen LogP contribution >= 0.6 is 0 Å². The Hall–Kier alpha value is -1.55. The SMILES string of the molecule is CCNC(CN(CC)c1ccccc1)C(=O)O. The van der Waals surface area contributed by atoms with Gasteiger partial charge in [0.25, 0.3) is 0 Å². The largest absolute Gasteiger partial charge is 0.480 e. The summed E-state index contributed by atoms with van der Waals surface area (Å²) in [6, 6.07) is 9.33. The average molecular weight is 236 g/mol. The van der Waals surface area contributed by atoms with Gasteiger partial charge in [0.2, 0.25) is 0 Å². The molecular formula is C13H20N2O2. The van der Waals surface area contributed by atoms with Crippen LogP contribution in [0, 0.1) is 0 Å². The number of anilines is 1. The summed E-state index contributed by atoms with van der Waals surface area (Å²) < 4.78 is 0. The fourth-order valence-corrected chi connectivity index (χ4v) is 1.75. The molecule has 0 radical (unpaired) electrons. The number of carbonyl (C=O) groups is 1. The van der Waals surface area contributed by atoms with Crippen LogP contribution in [0.25, 0.3) is 0 Å². The molecule has 0 fully saturated rings. The van der Waals surface area contributed by atoms with Crippen molar-refractivity contribution in [2.24, 2.45) is 0 Å². The van der Waals surface area contributed by atoms with Crippen molar-refractivity contribution < 1.29 is 9.90 Å². The zero-order chi connectivity index (χ0) is 12.7. The first kappa shape index (κ1) is 13.5. The highest BCUT2D eigenvalue weighted by Crippen LogP contribution is 2.13. The Morgan fingerprint density at radius 2 is 2.00 bits per heavy atom. The standard InChI is InChI=1S/C13H20N2O2/c1-3-14-12(13(16)17)10-15(4-2)11-8-6-5-7-9-11/h5-9,12,14H,3-4,10H2,1-2H3,(H,16,17). The molecule has 0 amide bonds. The van der Waals surface area contributed by atoms with Crippen molar-refractivity contribution in [3.8, 4) is 0 Å². The summed E-state index contributed by atoms with van der Waals surface area (Å²) in [6.07, 6.45) is 0. The number of carboxylic acid groups (broad SMARTS) is 1. The third-order valence-corrected chi connectivity index (χ3v) is 2.65. The van der Waals surface area contributed by atoms with Crippen LogP contribution in [0.4, 0.5) is 5.69 Å². The molecule has 4 heteroatoms. The fourth-order valence-electron chi connectivity index (χ4n) is 1.75. The number of para-hydroxylation sites is 1. The smallest absolute Gasteiger partial charge is 0.322 e. The number of rotatable bonds is 7. The van der Waals surface area contributed by atoms with Crippen molar-refractivity contribution in [3.63, 3.8) is 0 Å². The monoisotopic (exact) mass is 236 g/mol. The van der Waals surface area contributed by atoms with Gasteiger partial charge in [-0.15, -0.1) is 0 Å². The summed E-state index contributed by atoms with van der Waals surface area (Å²) in [4.78, 5) is 13.1. The molecule has 1 aromatic rings. The fraction of sp³-hybridized carbons (Fsp3) is 0.462. The van der Waals surface area contributed by atoms with Crippen LogP contribution in [-0.4, -0.2) is 36.8 Å². The molecule has 1 atom stereocenters. The van der Waals surface area contributed by atoms with Crippen molar-refractivity contribution in [1.29, 1.82) is 0 Å². The quantitative estimate of drug-likeness (QED) is 0.754. The predicted octanol–water partition coefficient (Wildman–Crippen LogP) is 1.58. The van der Waals surface area contributed by atoms with E-state index in [0.717, 1.165) is 12.2 Å². The predicted molar refractivity (Wildman–Crippen MR) is 69.4 cm³/mol. The van der Waals surface area contributed by atoms with Gasteiger partial charge in [0.05, 0.1) is 0 Å². The number of likely N-dealkylation sites (N-methyl/N-ethyl adjacent to an activating group) is 2. The number of nitrogens with one attached hydrogen (secondary N) is 1. The van der Waals surface area contributed by atoms with Crippen LogP contribution in [0.15, 0.2) is 30.3 Å². The molecule has 0 saturated heterocycles. The lowest BCUT2D eigenvalue weighted by Gasteiger charge is -2.26. The minimum Gasteiger partial charge on any atom is -0.480 e. The topological polar surface area (TPSA) is 52.6 Å². The summed E-state index contributed by atoms with van der Waals surface area (Å²) in [5.41, 5.74) is 1.05. The number of hydrogen-bond donors (Lipinski definition) is 2. The Kier molecular flexibility index (Phi) is 5.49. The van der Waals surface area contributed by atoms with Gasteiger partial charge in [0, 0.05) is 18.8 Å². The zero-order valence-electron chi connectivity index (χ0n) is 10.4. The van der Waals surface area contributed by atoms with E-state index in [2.05, 4.69) is 10.2 Å². The van der Waals surface area contributed by atoms with E-state index < -0.39 is 12.0 Å². The van der Waals surface area contributed by atoms with E-state index in [1.807, 2.05) is 44.2 Å². The Labute approximate surface area is 102 Å². The minimum absolute atomic E-state index is 0.476. The van der Waals surface area contributed by atoms with Crippen LogP contribution in [0.5, 0.6) is 0 Å². The summed E-state index contributed by atoms with van der Waals surface area (Å²) in [5, 5.41) is 12.1. The molecule has 1 aromatic carbocycles. The van der Waals surface area contributed by atoms with E-state index in [1.165, 1.54) is 0 Å². The van der Waals surface area contributed by atoms with Crippen molar-refractivity contribution >= 4 is 11.7 Å². The van der Waals surface area contributed by atoms with E-state index in [1.54, 1.807) is 0 Å². The molecule has 0 bridgehead atoms. The van der Waals surface area contributed by atoms with E-state index in [-0.39, 0.29) is 0 Å². The van der Waals surface area contributed by atoms with Crippen LogP contribution in [0.1, 0.15) is 13.8 Å². The normalized spacial score (nSPS) is 12.1. The Morgan fingerprint density at radius 3 is 2.47 bits per heavy atom. The molecule has 0 aliphatic carbocycles. The molecule has 0 aliphatic rings. The molecule has 0 spiro atoms. The van der Waals surface area contributed by atoms with Crippen LogP contribution in [-0.2, 0) is 4.79 Å². The second kappa shape index (κ2) is 6.91. The van der Waals surface area contributed by atoms with E-state index >= 15 is 0 Å².